The van der Waals surface area contributed by atoms with Crippen molar-refractivity contribution in [2.45, 2.75) is 45.9 Å². The highest BCUT2D eigenvalue weighted by molar-refractivity contribution is 6.51. The van der Waals surface area contributed by atoms with Crippen molar-refractivity contribution in [3.05, 3.63) is 89.5 Å². The highest BCUT2D eigenvalue weighted by Gasteiger charge is 2.47. The molecule has 7 heteroatoms. The average Bonchev–Trinajstić information content (AvgIpc) is 3.13. The van der Waals surface area contributed by atoms with E-state index in [0.717, 1.165) is 5.69 Å². The zero-order valence-corrected chi connectivity index (χ0v) is 22.6. The van der Waals surface area contributed by atoms with Gasteiger partial charge >= 0.3 is 0 Å². The number of anilines is 2. The van der Waals surface area contributed by atoms with Gasteiger partial charge in [0.1, 0.15) is 17.3 Å². The number of amides is 1. The van der Waals surface area contributed by atoms with E-state index in [1.807, 2.05) is 83.1 Å². The second-order valence-corrected chi connectivity index (χ2v) is 10.0. The Bertz CT molecular complexity index is 1340. The van der Waals surface area contributed by atoms with Gasteiger partial charge in [-0.3, -0.25) is 14.5 Å². The van der Waals surface area contributed by atoms with Crippen molar-refractivity contribution in [2.24, 2.45) is 0 Å². The molecule has 0 bridgehead atoms. The Hall–Kier alpha value is -4.26. The highest BCUT2D eigenvalue weighted by Crippen LogP contribution is 2.43. The molecule has 1 fully saturated rings. The molecule has 0 radical (unpaired) electrons. The Labute approximate surface area is 223 Å². The van der Waals surface area contributed by atoms with Crippen LogP contribution in [0.5, 0.6) is 11.5 Å². The predicted molar refractivity (Wildman–Crippen MR) is 150 cm³/mol. The zero-order chi connectivity index (χ0) is 27.6. The number of aliphatic hydroxyl groups excluding tert-OH is 1. The van der Waals surface area contributed by atoms with Gasteiger partial charge < -0.3 is 19.5 Å². The van der Waals surface area contributed by atoms with Crippen molar-refractivity contribution in [3.63, 3.8) is 0 Å². The minimum absolute atomic E-state index is 0.00188. The van der Waals surface area contributed by atoms with E-state index in [4.69, 9.17) is 9.47 Å². The number of Topliss-reactive ketones (excluding diaryl/α,β-unsaturated/α-hetero) is 1. The molecule has 3 aromatic rings. The van der Waals surface area contributed by atoms with Gasteiger partial charge in [-0.2, -0.15) is 0 Å². The molecule has 1 saturated heterocycles. The summed E-state index contributed by atoms with van der Waals surface area (Å²) >= 11 is 0. The topological polar surface area (TPSA) is 79.3 Å². The van der Waals surface area contributed by atoms with Crippen molar-refractivity contribution in [1.82, 2.24) is 0 Å². The minimum Gasteiger partial charge on any atom is -0.507 e. The number of hydrogen-bond acceptors (Lipinski definition) is 6. The SMILES string of the molecule is CC(C)Oc1ccc(C2/C(=C(/O)c3cccc(OC(C)C)c3)C(=O)C(=O)N2c2ccc(N(C)C)cc2)cc1. The first kappa shape index (κ1) is 26.8. The zero-order valence-electron chi connectivity index (χ0n) is 22.6. The van der Waals surface area contributed by atoms with Gasteiger partial charge in [0.25, 0.3) is 11.7 Å². The Morgan fingerprint density at radius 3 is 2.03 bits per heavy atom. The lowest BCUT2D eigenvalue weighted by atomic mass is 9.95. The third-order valence-electron chi connectivity index (χ3n) is 6.14. The van der Waals surface area contributed by atoms with E-state index in [9.17, 15) is 14.7 Å². The van der Waals surface area contributed by atoms with Crippen LogP contribution in [0.2, 0.25) is 0 Å². The van der Waals surface area contributed by atoms with E-state index >= 15 is 0 Å². The van der Waals surface area contributed by atoms with Gasteiger partial charge in [0.15, 0.2) is 0 Å². The second kappa shape index (κ2) is 11.0. The van der Waals surface area contributed by atoms with Crippen molar-refractivity contribution >= 4 is 28.8 Å². The molecule has 0 aromatic heterocycles. The Kier molecular flexibility index (Phi) is 7.76. The van der Waals surface area contributed by atoms with E-state index in [0.29, 0.717) is 28.3 Å². The molecule has 1 aliphatic rings. The van der Waals surface area contributed by atoms with Crippen molar-refractivity contribution < 1.29 is 24.2 Å². The maximum Gasteiger partial charge on any atom is 0.300 e. The van der Waals surface area contributed by atoms with Gasteiger partial charge in [-0.25, -0.2) is 0 Å². The summed E-state index contributed by atoms with van der Waals surface area (Å²) in [5, 5.41) is 11.4. The van der Waals surface area contributed by atoms with E-state index in [-0.39, 0.29) is 23.5 Å². The summed E-state index contributed by atoms with van der Waals surface area (Å²) in [7, 11) is 3.86. The molecular formula is C31H34N2O5. The number of benzene rings is 3. The maximum atomic E-state index is 13.5. The lowest BCUT2D eigenvalue weighted by molar-refractivity contribution is -0.132. The van der Waals surface area contributed by atoms with Crippen LogP contribution >= 0.6 is 0 Å². The van der Waals surface area contributed by atoms with Crippen molar-refractivity contribution in [3.8, 4) is 11.5 Å². The lowest BCUT2D eigenvalue weighted by Gasteiger charge is -2.26. The van der Waals surface area contributed by atoms with E-state index in [1.54, 1.807) is 36.4 Å². The molecule has 7 nitrogen and oxygen atoms in total. The number of carbonyl (C=O) groups excluding carboxylic acids is 2. The first-order valence-corrected chi connectivity index (χ1v) is 12.7. The van der Waals surface area contributed by atoms with Crippen LogP contribution in [0.4, 0.5) is 11.4 Å². The maximum absolute atomic E-state index is 13.5. The number of ether oxygens (including phenoxy) is 2. The van der Waals surface area contributed by atoms with Crippen LogP contribution in [0.25, 0.3) is 5.76 Å². The van der Waals surface area contributed by atoms with Crippen LogP contribution in [0.3, 0.4) is 0 Å². The molecule has 1 unspecified atom stereocenters. The van der Waals surface area contributed by atoms with Gasteiger partial charge in [0.2, 0.25) is 0 Å². The molecule has 0 saturated carbocycles. The number of rotatable bonds is 8. The van der Waals surface area contributed by atoms with E-state index < -0.39 is 17.7 Å². The first-order valence-electron chi connectivity index (χ1n) is 12.7. The molecule has 1 heterocycles. The lowest BCUT2D eigenvalue weighted by Crippen LogP contribution is -2.29. The van der Waals surface area contributed by atoms with Crippen LogP contribution in [0, 0.1) is 0 Å². The summed E-state index contributed by atoms with van der Waals surface area (Å²) in [4.78, 5) is 30.3. The van der Waals surface area contributed by atoms with Crippen LogP contribution < -0.4 is 19.3 Å². The molecule has 0 spiro atoms. The molecule has 1 aliphatic heterocycles. The summed E-state index contributed by atoms with van der Waals surface area (Å²) in [6, 6.07) is 20.7. The molecule has 0 aliphatic carbocycles. The largest absolute Gasteiger partial charge is 0.507 e. The average molecular weight is 515 g/mol. The monoisotopic (exact) mass is 514 g/mol. The number of aliphatic hydroxyl groups is 1. The second-order valence-electron chi connectivity index (χ2n) is 10.0. The number of carbonyl (C=O) groups is 2. The summed E-state index contributed by atoms with van der Waals surface area (Å²) < 4.78 is 11.6. The fourth-order valence-electron chi connectivity index (χ4n) is 4.47. The van der Waals surface area contributed by atoms with Crippen LogP contribution in [0.1, 0.15) is 44.9 Å². The summed E-state index contributed by atoms with van der Waals surface area (Å²) in [5.74, 6) is -0.468. The predicted octanol–water partition coefficient (Wildman–Crippen LogP) is 5.95. The third-order valence-corrected chi connectivity index (χ3v) is 6.14. The number of ketones is 1. The third kappa shape index (κ3) is 5.52. The Morgan fingerprint density at radius 2 is 1.45 bits per heavy atom. The smallest absolute Gasteiger partial charge is 0.300 e. The number of hydrogen-bond donors (Lipinski definition) is 1. The van der Waals surface area contributed by atoms with Crippen molar-refractivity contribution in [1.29, 1.82) is 0 Å². The fraction of sp³-hybridized carbons (Fsp3) is 0.290. The molecular weight excluding hydrogens is 480 g/mol. The quantitative estimate of drug-likeness (QED) is 0.227. The first-order chi connectivity index (χ1) is 18.1. The molecule has 4 rings (SSSR count). The fourth-order valence-corrected chi connectivity index (χ4v) is 4.47. The van der Waals surface area contributed by atoms with Gasteiger partial charge in [-0.15, -0.1) is 0 Å². The standard InChI is InChI=1S/C31H34N2O5/c1-19(2)37-25-16-10-21(11-17-25)28-27(29(34)22-8-7-9-26(18-22)38-20(3)4)30(35)31(36)33(28)24-14-12-23(13-15-24)32(5)6/h7-20,28,34H,1-6H3/b29-27-. The van der Waals surface area contributed by atoms with Crippen LogP contribution in [-0.4, -0.2) is 43.1 Å². The highest BCUT2D eigenvalue weighted by atomic mass is 16.5. The van der Waals surface area contributed by atoms with Gasteiger partial charge in [0, 0.05) is 31.0 Å². The molecule has 3 aromatic carbocycles. The molecule has 1 atom stereocenters. The summed E-state index contributed by atoms with van der Waals surface area (Å²) in [6.07, 6.45) is -0.0586. The molecule has 38 heavy (non-hydrogen) atoms. The Morgan fingerprint density at radius 1 is 0.842 bits per heavy atom. The molecule has 198 valence electrons. The normalized spacial score (nSPS) is 16.8. The summed E-state index contributed by atoms with van der Waals surface area (Å²) in [6.45, 7) is 7.70. The minimum atomic E-state index is -0.831. The van der Waals surface area contributed by atoms with Gasteiger partial charge in [0.05, 0.1) is 23.8 Å². The number of nitrogens with zero attached hydrogens (tertiary/aromatic N) is 2. The summed E-state index contributed by atoms with van der Waals surface area (Å²) in [5.41, 5.74) is 2.60. The van der Waals surface area contributed by atoms with Gasteiger partial charge in [-0.1, -0.05) is 24.3 Å². The molecule has 1 N–H and O–H groups in total. The van der Waals surface area contributed by atoms with E-state index in [2.05, 4.69) is 0 Å². The molecule has 1 amide bonds. The van der Waals surface area contributed by atoms with Crippen LogP contribution in [-0.2, 0) is 9.59 Å². The van der Waals surface area contributed by atoms with E-state index in [1.165, 1.54) is 4.90 Å². The Balaban J connectivity index is 1.86. The van der Waals surface area contributed by atoms with Gasteiger partial charge in [-0.05, 0) is 81.8 Å². The van der Waals surface area contributed by atoms with Crippen molar-refractivity contribution in [2.75, 3.05) is 23.9 Å². The van der Waals surface area contributed by atoms with Crippen LogP contribution in [0.15, 0.2) is 78.4 Å².